The fraction of sp³-hybridized carbons (Fsp3) is 0.300. The molecule has 0 aliphatic rings. The van der Waals surface area contributed by atoms with Gasteiger partial charge in [0.05, 0.1) is 10.6 Å². The van der Waals surface area contributed by atoms with E-state index >= 15 is 0 Å². The first-order chi connectivity index (χ1) is 6.93. The van der Waals surface area contributed by atoms with E-state index in [9.17, 15) is 14.9 Å². The zero-order chi connectivity index (χ0) is 11.6. The van der Waals surface area contributed by atoms with E-state index in [0.29, 0.717) is 12.2 Å². The van der Waals surface area contributed by atoms with E-state index in [-0.39, 0.29) is 11.2 Å². The van der Waals surface area contributed by atoms with Crippen LogP contribution in [0.2, 0.25) is 0 Å². The van der Waals surface area contributed by atoms with Crippen LogP contribution < -0.4 is 5.56 Å². The molecule has 1 aromatic rings. The maximum atomic E-state index is 11.4. The van der Waals surface area contributed by atoms with Crippen molar-refractivity contribution in [3.05, 3.63) is 50.4 Å². The van der Waals surface area contributed by atoms with E-state index in [1.807, 2.05) is 0 Å². The first-order valence-corrected chi connectivity index (χ1v) is 4.42. The maximum Gasteiger partial charge on any atom is 0.288 e. The molecule has 0 amide bonds. The Morgan fingerprint density at radius 2 is 2.20 bits per heavy atom. The van der Waals surface area contributed by atoms with Crippen LogP contribution in [-0.2, 0) is 6.54 Å². The molecule has 0 radical (unpaired) electrons. The van der Waals surface area contributed by atoms with Crippen LogP contribution in [0.25, 0.3) is 0 Å². The van der Waals surface area contributed by atoms with Crippen LogP contribution in [0.5, 0.6) is 0 Å². The minimum absolute atomic E-state index is 0.0455. The van der Waals surface area contributed by atoms with Crippen molar-refractivity contribution in [2.24, 2.45) is 0 Å². The van der Waals surface area contributed by atoms with Gasteiger partial charge in [0, 0.05) is 18.7 Å². The number of aromatic nitrogens is 1. The number of nitro groups is 1. The van der Waals surface area contributed by atoms with Crippen molar-refractivity contribution in [2.75, 3.05) is 0 Å². The monoisotopic (exact) mass is 208 g/mol. The van der Waals surface area contributed by atoms with Crippen molar-refractivity contribution < 1.29 is 4.92 Å². The highest BCUT2D eigenvalue weighted by Gasteiger charge is 2.14. The van der Waals surface area contributed by atoms with Gasteiger partial charge in [-0.15, -0.1) is 0 Å². The van der Waals surface area contributed by atoms with E-state index in [1.54, 1.807) is 13.8 Å². The predicted molar refractivity (Wildman–Crippen MR) is 56.9 cm³/mol. The maximum absolute atomic E-state index is 11.4. The van der Waals surface area contributed by atoms with Crippen LogP contribution in [0.4, 0.5) is 5.69 Å². The molecule has 80 valence electrons. The van der Waals surface area contributed by atoms with Crippen LogP contribution in [0.1, 0.15) is 12.6 Å². The Labute approximate surface area is 86.8 Å². The third-order valence-electron chi connectivity index (χ3n) is 2.05. The summed E-state index contributed by atoms with van der Waals surface area (Å²) in [5, 5.41) is 10.6. The van der Waals surface area contributed by atoms with Crippen LogP contribution in [0.3, 0.4) is 0 Å². The molecular weight excluding hydrogens is 196 g/mol. The van der Waals surface area contributed by atoms with Gasteiger partial charge in [-0.05, 0) is 13.8 Å². The van der Waals surface area contributed by atoms with Crippen LogP contribution in [-0.4, -0.2) is 9.49 Å². The summed E-state index contributed by atoms with van der Waals surface area (Å²) in [7, 11) is 0. The SMILES string of the molecule is C=C(C)Cn1c(C)c([N+](=O)[O-])ccc1=O. The van der Waals surface area contributed by atoms with E-state index in [1.165, 1.54) is 16.7 Å². The van der Waals surface area contributed by atoms with Crippen molar-refractivity contribution in [2.45, 2.75) is 20.4 Å². The van der Waals surface area contributed by atoms with Gasteiger partial charge < -0.3 is 4.57 Å². The standard InChI is InChI=1S/C10H12N2O3/c1-7(2)6-11-8(3)9(12(14)15)4-5-10(11)13/h4-5H,1,6H2,2-3H3. The summed E-state index contributed by atoms with van der Waals surface area (Å²) in [5.74, 6) is 0. The van der Waals surface area contributed by atoms with Gasteiger partial charge in [-0.25, -0.2) is 0 Å². The Balaban J connectivity index is 3.36. The van der Waals surface area contributed by atoms with Gasteiger partial charge in [0.1, 0.15) is 0 Å². The molecule has 0 saturated carbocycles. The average molecular weight is 208 g/mol. The Morgan fingerprint density at radius 3 is 2.67 bits per heavy atom. The number of rotatable bonds is 3. The van der Waals surface area contributed by atoms with Crippen LogP contribution in [0, 0.1) is 17.0 Å². The fourth-order valence-corrected chi connectivity index (χ4v) is 1.32. The highest BCUT2D eigenvalue weighted by molar-refractivity contribution is 5.34. The Kier molecular flexibility index (Phi) is 3.04. The summed E-state index contributed by atoms with van der Waals surface area (Å²) in [4.78, 5) is 21.6. The molecule has 5 heteroatoms. The van der Waals surface area contributed by atoms with Gasteiger partial charge in [-0.3, -0.25) is 14.9 Å². The Morgan fingerprint density at radius 1 is 1.60 bits per heavy atom. The molecule has 0 fully saturated rings. The molecule has 0 bridgehead atoms. The molecule has 1 aromatic heterocycles. The topological polar surface area (TPSA) is 65.1 Å². The molecule has 0 aromatic carbocycles. The number of allylic oxidation sites excluding steroid dienone is 1. The molecule has 0 unspecified atom stereocenters. The van der Waals surface area contributed by atoms with Crippen molar-refractivity contribution in [3.63, 3.8) is 0 Å². The smallest absolute Gasteiger partial charge is 0.288 e. The molecule has 1 rings (SSSR count). The molecule has 5 nitrogen and oxygen atoms in total. The first-order valence-electron chi connectivity index (χ1n) is 4.42. The van der Waals surface area contributed by atoms with Gasteiger partial charge >= 0.3 is 0 Å². The molecule has 1 heterocycles. The predicted octanol–water partition coefficient (Wildman–Crippen LogP) is 1.64. The van der Waals surface area contributed by atoms with Crippen molar-refractivity contribution in [1.82, 2.24) is 4.57 Å². The summed E-state index contributed by atoms with van der Waals surface area (Å²) < 4.78 is 1.35. The van der Waals surface area contributed by atoms with Gasteiger partial charge in [-0.2, -0.15) is 0 Å². The number of nitrogens with zero attached hydrogens (tertiary/aromatic N) is 2. The third kappa shape index (κ3) is 2.31. The lowest BCUT2D eigenvalue weighted by molar-refractivity contribution is -0.386. The van der Waals surface area contributed by atoms with Crippen LogP contribution >= 0.6 is 0 Å². The van der Waals surface area contributed by atoms with E-state index < -0.39 is 4.92 Å². The van der Waals surface area contributed by atoms with Gasteiger partial charge in [-0.1, -0.05) is 12.2 Å². The molecule has 0 N–H and O–H groups in total. The summed E-state index contributed by atoms with van der Waals surface area (Å²) in [6.07, 6.45) is 0. The summed E-state index contributed by atoms with van der Waals surface area (Å²) >= 11 is 0. The Hall–Kier alpha value is -1.91. The van der Waals surface area contributed by atoms with E-state index in [2.05, 4.69) is 6.58 Å². The molecule has 0 aliphatic carbocycles. The quantitative estimate of drug-likeness (QED) is 0.431. The lowest BCUT2D eigenvalue weighted by Crippen LogP contribution is -2.22. The van der Waals surface area contributed by atoms with Crippen LogP contribution in [0.15, 0.2) is 29.1 Å². The number of hydrogen-bond acceptors (Lipinski definition) is 3. The zero-order valence-corrected chi connectivity index (χ0v) is 8.69. The van der Waals surface area contributed by atoms with Gasteiger partial charge in [0.15, 0.2) is 0 Å². The largest absolute Gasteiger partial charge is 0.302 e. The summed E-state index contributed by atoms with van der Waals surface area (Å²) in [6.45, 7) is 7.32. The Bertz CT molecular complexity index is 474. The second kappa shape index (κ2) is 4.08. The fourth-order valence-electron chi connectivity index (χ4n) is 1.32. The number of hydrogen-bond donors (Lipinski definition) is 0. The van der Waals surface area contributed by atoms with Crippen molar-refractivity contribution in [3.8, 4) is 0 Å². The second-order valence-electron chi connectivity index (χ2n) is 3.44. The lowest BCUT2D eigenvalue weighted by Gasteiger charge is -2.08. The third-order valence-corrected chi connectivity index (χ3v) is 2.05. The average Bonchev–Trinajstić information content (AvgIpc) is 2.11. The normalized spacial score (nSPS) is 10.0. The highest BCUT2D eigenvalue weighted by Crippen LogP contribution is 2.14. The highest BCUT2D eigenvalue weighted by atomic mass is 16.6. The minimum atomic E-state index is -0.496. The minimum Gasteiger partial charge on any atom is -0.302 e. The van der Waals surface area contributed by atoms with E-state index in [0.717, 1.165) is 5.57 Å². The lowest BCUT2D eigenvalue weighted by atomic mass is 10.2. The van der Waals surface area contributed by atoms with Crippen molar-refractivity contribution >= 4 is 5.69 Å². The second-order valence-corrected chi connectivity index (χ2v) is 3.44. The molecule has 0 atom stereocenters. The van der Waals surface area contributed by atoms with Gasteiger partial charge in [0.2, 0.25) is 0 Å². The molecule has 15 heavy (non-hydrogen) atoms. The summed E-state index contributed by atoms with van der Waals surface area (Å²) in [6, 6.07) is 2.43. The number of pyridine rings is 1. The van der Waals surface area contributed by atoms with E-state index in [4.69, 9.17) is 0 Å². The first kappa shape index (κ1) is 11.2. The molecular formula is C10H12N2O3. The van der Waals surface area contributed by atoms with Crippen molar-refractivity contribution in [1.29, 1.82) is 0 Å². The summed E-state index contributed by atoms with van der Waals surface area (Å²) in [5.41, 5.74) is 0.841. The molecule has 0 saturated heterocycles. The molecule has 0 aliphatic heterocycles. The molecule has 0 spiro atoms. The van der Waals surface area contributed by atoms with Gasteiger partial charge in [0.25, 0.3) is 11.2 Å². The zero-order valence-electron chi connectivity index (χ0n) is 8.69.